The normalized spacial score (nSPS) is 10.6. The number of nitrogens with zero attached hydrogens (tertiary/aromatic N) is 2. The molecule has 0 saturated carbocycles. The zero-order valence-electron chi connectivity index (χ0n) is 13.6. The lowest BCUT2D eigenvalue weighted by atomic mass is 9.92. The molecule has 3 N–H and O–H groups in total. The van der Waals surface area contributed by atoms with E-state index in [0.29, 0.717) is 11.3 Å². The monoisotopic (exact) mass is 311 g/mol. The lowest BCUT2D eigenvalue weighted by molar-refractivity contribution is 0.201. The van der Waals surface area contributed by atoms with Crippen molar-refractivity contribution in [3.8, 4) is 22.9 Å². The van der Waals surface area contributed by atoms with Gasteiger partial charge in [-0.3, -0.25) is 0 Å². The molecule has 1 aromatic carbocycles. The van der Waals surface area contributed by atoms with Gasteiger partial charge in [-0.05, 0) is 36.1 Å². The molecule has 0 aliphatic heterocycles. The number of benzene rings is 1. The molecule has 2 rings (SSSR count). The summed E-state index contributed by atoms with van der Waals surface area (Å²) in [6, 6.07) is 9.60. The number of nitriles is 1. The molecule has 23 heavy (non-hydrogen) atoms. The number of anilines is 1. The van der Waals surface area contributed by atoms with Crippen molar-refractivity contribution in [2.45, 2.75) is 26.7 Å². The van der Waals surface area contributed by atoms with Crippen molar-refractivity contribution in [1.29, 1.82) is 5.26 Å². The van der Waals surface area contributed by atoms with Gasteiger partial charge >= 0.3 is 0 Å². The van der Waals surface area contributed by atoms with Crippen molar-refractivity contribution >= 4 is 5.82 Å². The molecule has 0 aliphatic carbocycles. The van der Waals surface area contributed by atoms with Gasteiger partial charge in [-0.25, -0.2) is 4.98 Å². The van der Waals surface area contributed by atoms with Crippen LogP contribution in [0.15, 0.2) is 24.3 Å². The third-order valence-electron chi connectivity index (χ3n) is 3.65. The molecule has 0 bridgehead atoms. The predicted octanol–water partition coefficient (Wildman–Crippen LogP) is 3.01. The Kier molecular flexibility index (Phi) is 5.20. The Morgan fingerprint density at radius 3 is 2.74 bits per heavy atom. The molecule has 5 nitrogen and oxygen atoms in total. The predicted molar refractivity (Wildman–Crippen MR) is 90.2 cm³/mol. The van der Waals surface area contributed by atoms with E-state index in [1.807, 2.05) is 45.0 Å². The van der Waals surface area contributed by atoms with Gasteiger partial charge in [0.05, 0.1) is 6.61 Å². The van der Waals surface area contributed by atoms with Crippen LogP contribution in [0.3, 0.4) is 0 Å². The zero-order valence-corrected chi connectivity index (χ0v) is 13.6. The molecule has 0 radical (unpaired) electrons. The van der Waals surface area contributed by atoms with Crippen molar-refractivity contribution in [1.82, 2.24) is 4.98 Å². The number of pyridine rings is 1. The van der Waals surface area contributed by atoms with Crippen LogP contribution < -0.4 is 10.5 Å². The lowest BCUT2D eigenvalue weighted by Crippen LogP contribution is -2.07. The molecule has 0 fully saturated rings. The van der Waals surface area contributed by atoms with Gasteiger partial charge in [0.15, 0.2) is 0 Å². The van der Waals surface area contributed by atoms with Crippen LogP contribution in [-0.2, 0) is 0 Å². The molecule has 0 amide bonds. The van der Waals surface area contributed by atoms with Crippen LogP contribution >= 0.6 is 0 Å². The summed E-state index contributed by atoms with van der Waals surface area (Å²) in [5.41, 5.74) is 9.86. The van der Waals surface area contributed by atoms with E-state index in [9.17, 15) is 5.26 Å². The molecule has 120 valence electrons. The number of nitrogens with two attached hydrogens (primary N) is 1. The van der Waals surface area contributed by atoms with Gasteiger partial charge in [-0.1, -0.05) is 26.0 Å². The molecular formula is C18H21N3O2. The van der Waals surface area contributed by atoms with Crippen molar-refractivity contribution in [2.24, 2.45) is 0 Å². The highest BCUT2D eigenvalue weighted by atomic mass is 16.5. The highest BCUT2D eigenvalue weighted by Crippen LogP contribution is 2.35. The van der Waals surface area contributed by atoms with E-state index in [0.717, 1.165) is 22.4 Å². The van der Waals surface area contributed by atoms with Gasteiger partial charge in [0.25, 0.3) is 0 Å². The van der Waals surface area contributed by atoms with Crippen LogP contribution in [0.4, 0.5) is 5.82 Å². The van der Waals surface area contributed by atoms with Gasteiger partial charge in [-0.15, -0.1) is 0 Å². The first-order chi connectivity index (χ1) is 11.0. The first kappa shape index (κ1) is 16.8. The Balaban J connectivity index is 2.64. The van der Waals surface area contributed by atoms with Crippen LogP contribution in [0.5, 0.6) is 5.75 Å². The second kappa shape index (κ2) is 7.12. The number of ether oxygens (including phenoxy) is 1. The molecule has 0 unspecified atom stereocenters. The molecule has 5 heteroatoms. The summed E-state index contributed by atoms with van der Waals surface area (Å²) in [7, 11) is 0. The molecule has 0 spiro atoms. The van der Waals surface area contributed by atoms with Gasteiger partial charge in [0.2, 0.25) is 0 Å². The van der Waals surface area contributed by atoms with E-state index in [1.54, 1.807) is 0 Å². The van der Waals surface area contributed by atoms with E-state index in [-0.39, 0.29) is 24.9 Å². The highest BCUT2D eigenvalue weighted by molar-refractivity contribution is 5.79. The minimum Gasteiger partial charge on any atom is -0.491 e. The average molecular weight is 311 g/mol. The number of aromatic nitrogens is 1. The Hall–Kier alpha value is -2.58. The Morgan fingerprint density at radius 1 is 1.39 bits per heavy atom. The van der Waals surface area contributed by atoms with Crippen LogP contribution in [0.2, 0.25) is 0 Å². The number of aliphatic hydroxyl groups is 1. The van der Waals surface area contributed by atoms with Crippen molar-refractivity contribution in [3.05, 3.63) is 41.1 Å². The van der Waals surface area contributed by atoms with E-state index >= 15 is 0 Å². The number of rotatable bonds is 5. The Labute approximate surface area is 136 Å². The van der Waals surface area contributed by atoms with Crippen molar-refractivity contribution in [3.63, 3.8) is 0 Å². The summed E-state index contributed by atoms with van der Waals surface area (Å²) in [4.78, 5) is 4.39. The first-order valence-electron chi connectivity index (χ1n) is 7.53. The second-order valence-electron chi connectivity index (χ2n) is 5.62. The fourth-order valence-electron chi connectivity index (χ4n) is 2.65. The summed E-state index contributed by atoms with van der Waals surface area (Å²) in [6.45, 7) is 6.23. The van der Waals surface area contributed by atoms with Crippen LogP contribution in [0.25, 0.3) is 11.1 Å². The zero-order chi connectivity index (χ0) is 17.0. The number of nitrogen functional groups attached to an aromatic ring is 1. The van der Waals surface area contributed by atoms with Crippen molar-refractivity contribution < 1.29 is 9.84 Å². The molecule has 1 heterocycles. The van der Waals surface area contributed by atoms with E-state index in [4.69, 9.17) is 15.6 Å². The van der Waals surface area contributed by atoms with Gasteiger partial charge < -0.3 is 15.6 Å². The third kappa shape index (κ3) is 3.43. The Morgan fingerprint density at radius 2 is 2.13 bits per heavy atom. The maximum absolute atomic E-state index is 9.49. The summed E-state index contributed by atoms with van der Waals surface area (Å²) in [5.74, 6) is 1.09. The van der Waals surface area contributed by atoms with Gasteiger partial charge in [0.1, 0.15) is 29.8 Å². The summed E-state index contributed by atoms with van der Waals surface area (Å²) < 4.78 is 5.46. The van der Waals surface area contributed by atoms with Crippen LogP contribution in [0, 0.1) is 18.3 Å². The Bertz CT molecular complexity index is 749. The quantitative estimate of drug-likeness (QED) is 0.885. The molecule has 0 aliphatic rings. The molecule has 0 atom stereocenters. The largest absolute Gasteiger partial charge is 0.491 e. The second-order valence-corrected chi connectivity index (χ2v) is 5.62. The fraction of sp³-hybridized carbons (Fsp3) is 0.333. The molecule has 1 aromatic heterocycles. The minimum absolute atomic E-state index is 0.0492. The van der Waals surface area contributed by atoms with E-state index in [1.165, 1.54) is 0 Å². The van der Waals surface area contributed by atoms with E-state index in [2.05, 4.69) is 11.1 Å². The van der Waals surface area contributed by atoms with Crippen molar-refractivity contribution in [2.75, 3.05) is 18.9 Å². The summed E-state index contributed by atoms with van der Waals surface area (Å²) in [6.07, 6.45) is 0. The smallest absolute Gasteiger partial charge is 0.142 e. The topological polar surface area (TPSA) is 92.2 Å². The molecular weight excluding hydrogens is 290 g/mol. The first-order valence-corrected chi connectivity index (χ1v) is 7.53. The maximum Gasteiger partial charge on any atom is 0.142 e. The lowest BCUT2D eigenvalue weighted by Gasteiger charge is -2.17. The van der Waals surface area contributed by atoms with Crippen LogP contribution in [0.1, 0.15) is 36.6 Å². The van der Waals surface area contributed by atoms with Gasteiger partial charge in [-0.2, -0.15) is 5.26 Å². The SMILES string of the molecule is Cc1c(C(C)C)nc(N)c(C#N)c1-c1cccc(OCCO)c1. The molecule has 0 saturated heterocycles. The van der Waals surface area contributed by atoms with Gasteiger partial charge in [0, 0.05) is 11.3 Å². The maximum atomic E-state index is 9.49. The highest BCUT2D eigenvalue weighted by Gasteiger charge is 2.19. The van der Waals surface area contributed by atoms with Crippen LogP contribution in [-0.4, -0.2) is 23.3 Å². The van der Waals surface area contributed by atoms with E-state index < -0.39 is 0 Å². The standard InChI is InChI=1S/C18H21N3O2/c1-11(2)17-12(3)16(15(10-19)18(20)21-17)13-5-4-6-14(9-13)23-8-7-22/h4-6,9,11,22H,7-8H2,1-3H3,(H2,20,21). The average Bonchev–Trinajstić information content (AvgIpc) is 2.54. The summed E-state index contributed by atoms with van der Waals surface area (Å²) >= 11 is 0. The number of aliphatic hydroxyl groups excluding tert-OH is 1. The fourth-order valence-corrected chi connectivity index (χ4v) is 2.65. The third-order valence-corrected chi connectivity index (χ3v) is 3.65. The minimum atomic E-state index is -0.0492. The number of hydrogen-bond acceptors (Lipinski definition) is 5. The number of hydrogen-bond donors (Lipinski definition) is 2. The summed E-state index contributed by atoms with van der Waals surface area (Å²) in [5, 5.41) is 18.4. The molecule has 2 aromatic rings.